The van der Waals surface area contributed by atoms with Crippen molar-refractivity contribution in [2.45, 2.75) is 103 Å². The van der Waals surface area contributed by atoms with Crippen LogP contribution in [0.1, 0.15) is 126 Å². The van der Waals surface area contributed by atoms with Gasteiger partial charge in [-0.3, -0.25) is 0 Å². The molecule has 1 unspecified atom stereocenters. The van der Waals surface area contributed by atoms with Gasteiger partial charge in [-0.2, -0.15) is 0 Å². The number of rotatable bonds is 6. The van der Waals surface area contributed by atoms with Gasteiger partial charge in [0.05, 0.1) is 0 Å². The third-order valence-electron chi connectivity index (χ3n) is 10.7. The molecule has 6 rings (SSSR count). The van der Waals surface area contributed by atoms with E-state index in [-0.39, 0.29) is 41.1 Å². The van der Waals surface area contributed by atoms with Gasteiger partial charge < -0.3 is 24.8 Å². The van der Waals surface area contributed by atoms with E-state index in [1.807, 2.05) is 3.28 Å². The number of halogens is 2. The molecule has 0 saturated carbocycles. The standard InChI is InChI=1S/C21H25.C13H10.C13H21.2ClH.Zr/c1-20(2,3)16-9-7-14-11-15-8-10-17(21(4,5)6)13-19(15)18(14)12-16;1-3-7-12(8-4-1)11-13-9-5-2-6-10-13;1-6-10-8-11(7-2)12(9-10)13(3,4)5;;;/h7-13H,1-6H3;1-10H;9-10H,6-7H2,1-5H3;2*1H;/q;;;;;+2/p-2. The van der Waals surface area contributed by atoms with E-state index in [0.717, 1.165) is 12.8 Å². The van der Waals surface area contributed by atoms with Crippen LogP contribution in [-0.4, -0.2) is 3.21 Å². The fourth-order valence-corrected chi connectivity index (χ4v) is 18.6. The molecule has 50 heavy (non-hydrogen) atoms. The summed E-state index contributed by atoms with van der Waals surface area (Å²) in [7, 11) is 0. The number of hydrogen-bond acceptors (Lipinski definition) is 0. The van der Waals surface area contributed by atoms with Crippen molar-refractivity contribution in [3.05, 3.63) is 151 Å². The minimum absolute atomic E-state index is 0. The van der Waals surface area contributed by atoms with Crippen molar-refractivity contribution in [3.63, 3.8) is 0 Å². The molecule has 0 amide bonds. The number of fused-ring (bicyclic) bond motifs is 3. The van der Waals surface area contributed by atoms with Crippen molar-refractivity contribution in [1.29, 1.82) is 0 Å². The zero-order valence-corrected chi connectivity index (χ0v) is 36.1. The second-order valence-electron chi connectivity index (χ2n) is 17.1. The average molecular weight is 783 g/mol. The smallest absolute Gasteiger partial charge is 1.00 e. The van der Waals surface area contributed by atoms with E-state index >= 15 is 0 Å². The summed E-state index contributed by atoms with van der Waals surface area (Å²) in [6.07, 6.45) is 4.94. The quantitative estimate of drug-likeness (QED) is 0.199. The Morgan fingerprint density at radius 2 is 1.02 bits per heavy atom. The van der Waals surface area contributed by atoms with Gasteiger partial charge in [0, 0.05) is 0 Å². The molecule has 0 bridgehead atoms. The molecule has 2 aliphatic carbocycles. The Morgan fingerprint density at radius 1 is 0.580 bits per heavy atom. The van der Waals surface area contributed by atoms with Crippen molar-refractivity contribution >= 4 is 3.21 Å². The summed E-state index contributed by atoms with van der Waals surface area (Å²) in [5.74, 6) is 0.487. The first-order chi connectivity index (χ1) is 22.6. The molecule has 0 fully saturated rings. The molecule has 1 atom stereocenters. The van der Waals surface area contributed by atoms with Crippen LogP contribution in [0, 0.1) is 11.3 Å². The topological polar surface area (TPSA) is 0 Å². The van der Waals surface area contributed by atoms with E-state index in [9.17, 15) is 0 Å². The van der Waals surface area contributed by atoms with Crippen LogP contribution in [0.2, 0.25) is 0 Å². The van der Waals surface area contributed by atoms with E-state index in [4.69, 9.17) is 0 Å². The number of hydrogen-bond donors (Lipinski definition) is 0. The summed E-state index contributed by atoms with van der Waals surface area (Å²) >= 11 is -2.92. The monoisotopic (exact) mass is 780 g/mol. The molecular weight excluding hydrogens is 727 g/mol. The van der Waals surface area contributed by atoms with E-state index in [1.54, 1.807) is 25.5 Å². The first kappa shape index (κ1) is 40.5. The van der Waals surface area contributed by atoms with Crippen LogP contribution in [0.4, 0.5) is 0 Å². The Bertz CT molecular complexity index is 1820. The normalized spacial score (nSPS) is 15.7. The van der Waals surface area contributed by atoms with Crippen LogP contribution in [0.15, 0.2) is 118 Å². The molecule has 4 aromatic carbocycles. The molecule has 4 aromatic rings. The van der Waals surface area contributed by atoms with Crippen molar-refractivity contribution in [3.8, 4) is 11.1 Å². The maximum Gasteiger partial charge on any atom is -1.00 e. The summed E-state index contributed by atoms with van der Waals surface area (Å²) in [6.45, 7) is 26.2. The van der Waals surface area contributed by atoms with E-state index in [0.29, 0.717) is 9.54 Å². The van der Waals surface area contributed by atoms with Crippen LogP contribution >= 0.6 is 0 Å². The second kappa shape index (κ2) is 15.4. The van der Waals surface area contributed by atoms with Crippen molar-refractivity contribution in [1.82, 2.24) is 0 Å². The Labute approximate surface area is 323 Å². The number of benzene rings is 4. The van der Waals surface area contributed by atoms with Gasteiger partial charge >= 0.3 is 301 Å². The van der Waals surface area contributed by atoms with Gasteiger partial charge in [0.2, 0.25) is 0 Å². The molecule has 0 radical (unpaired) electrons. The van der Waals surface area contributed by atoms with E-state index in [2.05, 4.69) is 179 Å². The third-order valence-corrected chi connectivity index (χ3v) is 19.5. The van der Waals surface area contributed by atoms with Gasteiger partial charge in [-0.25, -0.2) is 0 Å². The summed E-state index contributed by atoms with van der Waals surface area (Å²) in [6, 6.07) is 38.1. The Hall–Kier alpha value is -2.31. The number of allylic oxidation sites excluding steroid dienone is 4. The van der Waals surface area contributed by atoms with Crippen molar-refractivity contribution in [2.75, 3.05) is 0 Å². The largest absolute Gasteiger partial charge is 1.00 e. The summed E-state index contributed by atoms with van der Waals surface area (Å²) < 4.78 is 3.87. The van der Waals surface area contributed by atoms with Crippen molar-refractivity contribution < 1.29 is 46.1 Å². The first-order valence-electron chi connectivity index (χ1n) is 18.3. The predicted molar refractivity (Wildman–Crippen MR) is 206 cm³/mol. The van der Waals surface area contributed by atoms with E-state index < -0.39 is 21.3 Å². The van der Waals surface area contributed by atoms with Crippen LogP contribution in [0.5, 0.6) is 0 Å². The van der Waals surface area contributed by atoms with Crippen LogP contribution in [0.25, 0.3) is 11.1 Å². The van der Waals surface area contributed by atoms with Crippen LogP contribution in [0.3, 0.4) is 0 Å². The molecular formula is C47H56Cl2Zr. The summed E-state index contributed by atoms with van der Waals surface area (Å²) in [5.41, 5.74) is 15.3. The predicted octanol–water partition coefficient (Wildman–Crippen LogP) is 6.92. The van der Waals surface area contributed by atoms with E-state index in [1.165, 1.54) is 33.4 Å². The van der Waals surface area contributed by atoms with Gasteiger partial charge in [-0.15, -0.1) is 0 Å². The average Bonchev–Trinajstić information content (AvgIpc) is 3.59. The van der Waals surface area contributed by atoms with Gasteiger partial charge in [0.25, 0.3) is 0 Å². The molecule has 262 valence electrons. The van der Waals surface area contributed by atoms with Gasteiger partial charge in [0.15, 0.2) is 0 Å². The zero-order valence-electron chi connectivity index (χ0n) is 32.1. The maximum absolute atomic E-state index is 2.92. The molecule has 0 nitrogen and oxygen atoms in total. The molecule has 3 heteroatoms. The fraction of sp³-hybridized carbons (Fsp3) is 0.383. The molecule has 0 heterocycles. The molecule has 0 N–H and O–H groups in total. The summed E-state index contributed by atoms with van der Waals surface area (Å²) in [4.78, 5) is 0. The Morgan fingerprint density at radius 3 is 1.38 bits per heavy atom. The molecule has 0 aromatic heterocycles. The van der Waals surface area contributed by atoms with Crippen LogP contribution in [-0.2, 0) is 32.1 Å². The molecule has 2 aliphatic rings. The van der Waals surface area contributed by atoms with Crippen molar-refractivity contribution in [2.24, 2.45) is 11.3 Å². The molecule has 0 saturated heterocycles. The SMILES string of the molecule is CCC1=[C]([Zr+2](=[C](c2ccccc2)c2ccccc2)[CH]2c3ccc(C(C)(C)C)cc3-c3cc(C(C)(C)C)ccc32)C(CC)C=C1C(C)(C)C.[Cl-].[Cl-]. The Kier molecular flexibility index (Phi) is 12.4. The Balaban J connectivity index is 0.00000281. The van der Waals surface area contributed by atoms with Crippen LogP contribution < -0.4 is 24.8 Å². The minimum Gasteiger partial charge on any atom is -1.00 e. The molecule has 0 aliphatic heterocycles. The third kappa shape index (κ3) is 7.59. The maximum atomic E-state index is 2.70. The summed E-state index contributed by atoms with van der Waals surface area (Å²) in [5, 5.41) is 0. The second-order valence-corrected chi connectivity index (χ2v) is 23.2. The van der Waals surface area contributed by atoms with Gasteiger partial charge in [-0.1, -0.05) is 0 Å². The fourth-order valence-electron chi connectivity index (χ4n) is 8.14. The minimum atomic E-state index is -2.92. The zero-order chi connectivity index (χ0) is 34.6. The van der Waals surface area contributed by atoms with Gasteiger partial charge in [-0.05, 0) is 0 Å². The first-order valence-corrected chi connectivity index (χ1v) is 22.1. The van der Waals surface area contributed by atoms with Gasteiger partial charge in [0.1, 0.15) is 0 Å². The molecule has 0 spiro atoms.